The smallest absolute Gasteiger partial charge is 0.254 e. The molecule has 1 atom stereocenters. The van der Waals surface area contributed by atoms with Crippen molar-refractivity contribution in [1.29, 1.82) is 5.41 Å². The molecule has 1 aromatic rings. The molecule has 9 heteroatoms. The maximum absolute atomic E-state index is 12.9. The van der Waals surface area contributed by atoms with Gasteiger partial charge in [-0.1, -0.05) is 24.3 Å². The first-order chi connectivity index (χ1) is 14.4. The number of amides is 3. The van der Waals surface area contributed by atoms with E-state index in [9.17, 15) is 14.4 Å². The van der Waals surface area contributed by atoms with Crippen molar-refractivity contribution in [2.75, 3.05) is 18.4 Å². The van der Waals surface area contributed by atoms with Crippen LogP contribution in [0.5, 0.6) is 0 Å². The van der Waals surface area contributed by atoms with E-state index in [-0.39, 0.29) is 23.8 Å². The third-order valence-electron chi connectivity index (χ3n) is 5.33. The summed E-state index contributed by atoms with van der Waals surface area (Å²) >= 11 is 0. The molecule has 0 saturated carbocycles. The van der Waals surface area contributed by atoms with Gasteiger partial charge >= 0.3 is 0 Å². The Bertz CT molecular complexity index is 845. The van der Waals surface area contributed by atoms with Crippen molar-refractivity contribution in [2.24, 2.45) is 5.73 Å². The number of fused-ring (bicyclic) bond motifs is 1. The molecule has 30 heavy (non-hydrogen) atoms. The molecule has 0 radical (unpaired) electrons. The molecule has 2 aliphatic rings. The van der Waals surface area contributed by atoms with E-state index in [0.717, 1.165) is 0 Å². The fraction of sp³-hybridized carbons (Fsp3) is 0.429. The number of rotatable bonds is 2. The Morgan fingerprint density at radius 2 is 1.90 bits per heavy atom. The van der Waals surface area contributed by atoms with Crippen LogP contribution in [0.15, 0.2) is 36.4 Å². The van der Waals surface area contributed by atoms with Crippen LogP contribution in [0.4, 0.5) is 5.69 Å². The van der Waals surface area contributed by atoms with Crippen LogP contribution in [0.25, 0.3) is 0 Å². The summed E-state index contributed by atoms with van der Waals surface area (Å²) < 4.78 is 0. The SMILES string of the molecule is N=C(N)N1CCC(NC(=O)[C@@H]2C/C=C\CCC(=O)Nc3ccccc3C(=O)N2)CC1. The Morgan fingerprint density at radius 1 is 1.17 bits per heavy atom. The first-order valence-electron chi connectivity index (χ1n) is 10.2. The lowest BCUT2D eigenvalue weighted by atomic mass is 10.0. The molecule has 0 aliphatic carbocycles. The van der Waals surface area contributed by atoms with E-state index in [2.05, 4.69) is 16.0 Å². The molecule has 3 rings (SSSR count). The van der Waals surface area contributed by atoms with Gasteiger partial charge in [0.05, 0.1) is 11.3 Å². The monoisotopic (exact) mass is 412 g/mol. The maximum atomic E-state index is 12.9. The number of benzene rings is 1. The molecule has 1 aromatic carbocycles. The number of nitrogens with one attached hydrogen (secondary N) is 4. The largest absolute Gasteiger partial charge is 0.370 e. The molecule has 0 aromatic heterocycles. The highest BCUT2D eigenvalue weighted by Crippen LogP contribution is 2.17. The van der Waals surface area contributed by atoms with Crippen molar-refractivity contribution in [3.05, 3.63) is 42.0 Å². The van der Waals surface area contributed by atoms with Gasteiger partial charge in [0.15, 0.2) is 5.96 Å². The third-order valence-corrected chi connectivity index (χ3v) is 5.33. The number of hydrogen-bond acceptors (Lipinski definition) is 4. The van der Waals surface area contributed by atoms with E-state index in [0.29, 0.717) is 56.4 Å². The molecule has 160 valence electrons. The quantitative estimate of drug-likeness (QED) is 0.279. The minimum absolute atomic E-state index is 0.0260. The molecule has 2 heterocycles. The Kier molecular flexibility index (Phi) is 7.05. The highest BCUT2D eigenvalue weighted by molar-refractivity contribution is 6.05. The van der Waals surface area contributed by atoms with Gasteiger partial charge in [0.25, 0.3) is 5.91 Å². The first-order valence-corrected chi connectivity index (χ1v) is 10.2. The standard InChI is InChI=1S/C21H28N6O3/c22-21(23)27-12-10-14(11-13-27)24-20(30)17-8-2-1-3-9-18(28)25-16-7-5-4-6-15(16)19(29)26-17/h1-2,4-7,14,17H,3,8-13H2,(H3,22,23)(H,24,30)(H,25,28)(H,26,29)/b2-1-/t17-/m0/s1. The number of guanidine groups is 1. The zero-order valence-electron chi connectivity index (χ0n) is 16.8. The summed E-state index contributed by atoms with van der Waals surface area (Å²) in [5.41, 5.74) is 6.27. The van der Waals surface area contributed by atoms with Crippen molar-refractivity contribution in [3.8, 4) is 0 Å². The van der Waals surface area contributed by atoms with Crippen LogP contribution in [-0.4, -0.2) is 53.8 Å². The normalized spacial score (nSPS) is 21.9. The van der Waals surface area contributed by atoms with Crippen molar-refractivity contribution in [1.82, 2.24) is 15.5 Å². The number of para-hydroxylation sites is 1. The second kappa shape index (κ2) is 9.91. The van der Waals surface area contributed by atoms with Crippen molar-refractivity contribution in [2.45, 2.75) is 44.2 Å². The molecule has 2 aliphatic heterocycles. The van der Waals surface area contributed by atoms with E-state index in [4.69, 9.17) is 11.1 Å². The summed E-state index contributed by atoms with van der Waals surface area (Å²) in [6, 6.07) is 6.01. The average molecular weight is 412 g/mol. The van der Waals surface area contributed by atoms with Gasteiger partial charge in [-0.25, -0.2) is 0 Å². The summed E-state index contributed by atoms with van der Waals surface area (Å²) in [5, 5.41) is 16.1. The second-order valence-corrected chi connectivity index (χ2v) is 7.52. The molecule has 1 fully saturated rings. The number of carbonyl (C=O) groups is 3. The van der Waals surface area contributed by atoms with Crippen molar-refractivity contribution < 1.29 is 14.4 Å². The Morgan fingerprint density at radius 3 is 2.63 bits per heavy atom. The number of hydrogen-bond donors (Lipinski definition) is 5. The van der Waals surface area contributed by atoms with E-state index in [1.807, 2.05) is 12.2 Å². The number of carbonyl (C=O) groups excluding carboxylic acids is 3. The van der Waals surface area contributed by atoms with Crippen LogP contribution >= 0.6 is 0 Å². The predicted octanol–water partition coefficient (Wildman–Crippen LogP) is 0.938. The van der Waals surface area contributed by atoms with Gasteiger partial charge in [-0.15, -0.1) is 0 Å². The van der Waals surface area contributed by atoms with E-state index in [1.54, 1.807) is 29.2 Å². The van der Waals surface area contributed by atoms with E-state index in [1.165, 1.54) is 0 Å². The molecule has 0 spiro atoms. The van der Waals surface area contributed by atoms with Gasteiger partial charge in [0.1, 0.15) is 6.04 Å². The number of anilines is 1. The van der Waals surface area contributed by atoms with Gasteiger partial charge < -0.3 is 26.6 Å². The van der Waals surface area contributed by atoms with Gasteiger partial charge in [0, 0.05) is 25.6 Å². The molecular formula is C21H28N6O3. The Balaban J connectivity index is 1.70. The summed E-state index contributed by atoms with van der Waals surface area (Å²) in [6.07, 6.45) is 6.26. The number of nitrogens with zero attached hydrogens (tertiary/aromatic N) is 1. The lowest BCUT2D eigenvalue weighted by molar-refractivity contribution is -0.124. The van der Waals surface area contributed by atoms with Gasteiger partial charge in [0.2, 0.25) is 11.8 Å². The maximum Gasteiger partial charge on any atom is 0.254 e. The average Bonchev–Trinajstić information content (AvgIpc) is 2.72. The van der Waals surface area contributed by atoms with Crippen molar-refractivity contribution >= 4 is 29.4 Å². The van der Waals surface area contributed by atoms with Crippen LogP contribution in [0.3, 0.4) is 0 Å². The van der Waals surface area contributed by atoms with Gasteiger partial charge in [-0.3, -0.25) is 19.8 Å². The van der Waals surface area contributed by atoms with Crippen LogP contribution in [0.2, 0.25) is 0 Å². The fourth-order valence-electron chi connectivity index (χ4n) is 3.60. The number of nitrogens with two attached hydrogens (primary N) is 1. The van der Waals surface area contributed by atoms with Crippen LogP contribution in [0, 0.1) is 5.41 Å². The summed E-state index contributed by atoms with van der Waals surface area (Å²) in [4.78, 5) is 39.6. The fourth-order valence-corrected chi connectivity index (χ4v) is 3.60. The second-order valence-electron chi connectivity index (χ2n) is 7.52. The number of piperidine rings is 1. The molecule has 0 bridgehead atoms. The lowest BCUT2D eigenvalue weighted by Gasteiger charge is -2.33. The lowest BCUT2D eigenvalue weighted by Crippen LogP contribution is -2.53. The number of allylic oxidation sites excluding steroid dienone is 1. The van der Waals surface area contributed by atoms with Crippen LogP contribution in [-0.2, 0) is 9.59 Å². The molecule has 3 amide bonds. The topological polar surface area (TPSA) is 140 Å². The minimum atomic E-state index is -0.720. The highest BCUT2D eigenvalue weighted by Gasteiger charge is 2.26. The highest BCUT2D eigenvalue weighted by atomic mass is 16.2. The Labute approximate surface area is 175 Å². The molecule has 9 nitrogen and oxygen atoms in total. The summed E-state index contributed by atoms with van der Waals surface area (Å²) in [7, 11) is 0. The van der Waals surface area contributed by atoms with Gasteiger partial charge in [-0.2, -0.15) is 0 Å². The molecule has 1 saturated heterocycles. The molecule has 6 N–H and O–H groups in total. The third kappa shape index (κ3) is 5.59. The van der Waals surface area contributed by atoms with Crippen LogP contribution < -0.4 is 21.7 Å². The zero-order chi connectivity index (χ0) is 21.5. The van der Waals surface area contributed by atoms with Crippen molar-refractivity contribution in [3.63, 3.8) is 0 Å². The predicted molar refractivity (Wildman–Crippen MR) is 114 cm³/mol. The summed E-state index contributed by atoms with van der Waals surface area (Å²) in [5.74, 6) is -0.770. The summed E-state index contributed by atoms with van der Waals surface area (Å²) in [6.45, 7) is 1.23. The van der Waals surface area contributed by atoms with E-state index >= 15 is 0 Å². The van der Waals surface area contributed by atoms with Gasteiger partial charge in [-0.05, 0) is 37.8 Å². The minimum Gasteiger partial charge on any atom is -0.370 e. The molecule has 0 unspecified atom stereocenters. The number of likely N-dealkylation sites (tertiary alicyclic amines) is 1. The zero-order valence-corrected chi connectivity index (χ0v) is 16.8. The molecular weight excluding hydrogens is 384 g/mol. The van der Waals surface area contributed by atoms with E-state index < -0.39 is 11.9 Å². The Hall–Kier alpha value is -3.36. The first kappa shape index (κ1) is 21.4. The van der Waals surface area contributed by atoms with Crippen LogP contribution in [0.1, 0.15) is 42.5 Å².